The molecule has 1 atom stereocenters. The third kappa shape index (κ3) is 3.46. The second-order valence-corrected chi connectivity index (χ2v) is 7.90. The zero-order chi connectivity index (χ0) is 17.2. The first-order valence-electron chi connectivity index (χ1n) is 8.07. The van der Waals surface area contributed by atoms with Crippen LogP contribution in [0.5, 0.6) is 0 Å². The number of benzene rings is 1. The van der Waals surface area contributed by atoms with Crippen molar-refractivity contribution in [1.29, 1.82) is 0 Å². The highest BCUT2D eigenvalue weighted by molar-refractivity contribution is 7.89. The SMILES string of the molecule is CC1COCCN1C(=O)c1cccc(S(=O)(=O)N2CCOCC2)c1. The Morgan fingerprint density at radius 1 is 1.12 bits per heavy atom. The molecule has 2 fully saturated rings. The van der Waals surface area contributed by atoms with Crippen LogP contribution in [0.2, 0.25) is 0 Å². The molecular formula is C16H22N2O5S. The number of hydrogen-bond donors (Lipinski definition) is 0. The number of carbonyl (C=O) groups is 1. The average Bonchev–Trinajstić information content (AvgIpc) is 2.62. The molecule has 2 aliphatic heterocycles. The van der Waals surface area contributed by atoms with Gasteiger partial charge in [0, 0.05) is 25.2 Å². The lowest BCUT2D eigenvalue weighted by Crippen LogP contribution is -2.47. The molecule has 2 saturated heterocycles. The first-order chi connectivity index (χ1) is 11.5. The fraction of sp³-hybridized carbons (Fsp3) is 0.562. The van der Waals surface area contributed by atoms with Gasteiger partial charge in [-0.3, -0.25) is 4.79 Å². The second-order valence-electron chi connectivity index (χ2n) is 5.97. The molecule has 0 saturated carbocycles. The minimum Gasteiger partial charge on any atom is -0.379 e. The monoisotopic (exact) mass is 354 g/mol. The van der Waals surface area contributed by atoms with Crippen molar-refractivity contribution in [2.24, 2.45) is 0 Å². The summed E-state index contributed by atoms with van der Waals surface area (Å²) in [6.07, 6.45) is 0. The van der Waals surface area contributed by atoms with Crippen LogP contribution in [0.25, 0.3) is 0 Å². The van der Waals surface area contributed by atoms with Crippen molar-refractivity contribution in [3.8, 4) is 0 Å². The lowest BCUT2D eigenvalue weighted by molar-refractivity contribution is 0.00358. The normalized spacial score (nSPS) is 23.2. The number of amides is 1. The van der Waals surface area contributed by atoms with Crippen LogP contribution < -0.4 is 0 Å². The van der Waals surface area contributed by atoms with Crippen molar-refractivity contribution in [3.05, 3.63) is 29.8 Å². The third-order valence-corrected chi connectivity index (χ3v) is 6.21. The van der Waals surface area contributed by atoms with Crippen LogP contribution in [0, 0.1) is 0 Å². The van der Waals surface area contributed by atoms with Gasteiger partial charge in [-0.05, 0) is 25.1 Å². The summed E-state index contributed by atoms with van der Waals surface area (Å²) in [5.74, 6) is -0.162. The number of hydrogen-bond acceptors (Lipinski definition) is 5. The molecule has 7 nitrogen and oxygen atoms in total. The van der Waals surface area contributed by atoms with Crippen molar-refractivity contribution in [1.82, 2.24) is 9.21 Å². The number of carbonyl (C=O) groups excluding carboxylic acids is 1. The van der Waals surface area contributed by atoms with Crippen LogP contribution in [0.1, 0.15) is 17.3 Å². The van der Waals surface area contributed by atoms with E-state index in [1.54, 1.807) is 17.0 Å². The van der Waals surface area contributed by atoms with Crippen LogP contribution in [-0.2, 0) is 19.5 Å². The molecule has 1 aromatic carbocycles. The summed E-state index contributed by atoms with van der Waals surface area (Å²) >= 11 is 0. The molecule has 0 spiro atoms. The number of morpholine rings is 2. The summed E-state index contributed by atoms with van der Waals surface area (Å²) in [4.78, 5) is 14.6. The second kappa shape index (κ2) is 7.18. The Morgan fingerprint density at radius 3 is 2.54 bits per heavy atom. The fourth-order valence-corrected chi connectivity index (χ4v) is 4.37. The lowest BCUT2D eigenvalue weighted by atomic mass is 10.1. The maximum Gasteiger partial charge on any atom is 0.254 e. The molecule has 8 heteroatoms. The Balaban J connectivity index is 1.84. The molecule has 0 bridgehead atoms. The van der Waals surface area contributed by atoms with E-state index in [9.17, 15) is 13.2 Å². The highest BCUT2D eigenvalue weighted by Crippen LogP contribution is 2.20. The van der Waals surface area contributed by atoms with Gasteiger partial charge in [-0.15, -0.1) is 0 Å². The minimum absolute atomic E-state index is 0.0224. The van der Waals surface area contributed by atoms with E-state index < -0.39 is 10.0 Å². The van der Waals surface area contributed by atoms with Crippen LogP contribution in [-0.4, -0.2) is 75.6 Å². The van der Waals surface area contributed by atoms with Crippen molar-refractivity contribution >= 4 is 15.9 Å². The molecule has 3 rings (SSSR count). The fourth-order valence-electron chi connectivity index (χ4n) is 2.92. The molecule has 2 aliphatic rings. The van der Waals surface area contributed by atoms with Crippen molar-refractivity contribution in [2.75, 3.05) is 46.1 Å². The lowest BCUT2D eigenvalue weighted by Gasteiger charge is -2.33. The molecule has 24 heavy (non-hydrogen) atoms. The van der Waals surface area contributed by atoms with Crippen molar-refractivity contribution < 1.29 is 22.7 Å². The van der Waals surface area contributed by atoms with E-state index in [0.717, 1.165) is 0 Å². The largest absolute Gasteiger partial charge is 0.379 e. The van der Waals surface area contributed by atoms with E-state index in [-0.39, 0.29) is 16.8 Å². The number of sulfonamides is 1. The van der Waals surface area contributed by atoms with E-state index >= 15 is 0 Å². The molecule has 132 valence electrons. The maximum atomic E-state index is 12.7. The number of ether oxygens (including phenoxy) is 2. The highest BCUT2D eigenvalue weighted by Gasteiger charge is 2.29. The van der Waals surface area contributed by atoms with Gasteiger partial charge in [-0.25, -0.2) is 8.42 Å². The molecule has 2 heterocycles. The van der Waals surface area contributed by atoms with Crippen LogP contribution >= 0.6 is 0 Å². The van der Waals surface area contributed by atoms with Gasteiger partial charge in [-0.2, -0.15) is 4.31 Å². The molecule has 0 aliphatic carbocycles. The topological polar surface area (TPSA) is 76.2 Å². The van der Waals surface area contributed by atoms with Crippen LogP contribution in [0.3, 0.4) is 0 Å². The Kier molecular flexibility index (Phi) is 5.19. The van der Waals surface area contributed by atoms with Crippen LogP contribution in [0.15, 0.2) is 29.2 Å². The summed E-state index contributed by atoms with van der Waals surface area (Å²) < 4.78 is 37.4. The number of nitrogens with zero attached hydrogens (tertiary/aromatic N) is 2. The summed E-state index contributed by atoms with van der Waals surface area (Å²) in [6, 6.07) is 6.25. The molecule has 0 aromatic heterocycles. The predicted octanol–water partition coefficient (Wildman–Crippen LogP) is 0.568. The zero-order valence-corrected chi connectivity index (χ0v) is 14.5. The molecule has 0 N–H and O–H groups in total. The third-order valence-electron chi connectivity index (χ3n) is 4.32. The van der Waals surface area contributed by atoms with E-state index in [0.29, 0.717) is 51.6 Å². The Labute approximate surface area is 142 Å². The summed E-state index contributed by atoms with van der Waals surface area (Å²) in [7, 11) is -3.60. The molecule has 1 unspecified atom stereocenters. The first kappa shape index (κ1) is 17.3. The summed E-state index contributed by atoms with van der Waals surface area (Å²) in [5.41, 5.74) is 0.387. The van der Waals surface area contributed by atoms with E-state index in [1.165, 1.54) is 16.4 Å². The van der Waals surface area contributed by atoms with Gasteiger partial charge < -0.3 is 14.4 Å². The summed E-state index contributed by atoms with van der Waals surface area (Å²) in [6.45, 7) is 4.89. The van der Waals surface area contributed by atoms with Gasteiger partial charge in [0.15, 0.2) is 0 Å². The highest BCUT2D eigenvalue weighted by atomic mass is 32.2. The van der Waals surface area contributed by atoms with Gasteiger partial charge in [0.1, 0.15) is 0 Å². The van der Waals surface area contributed by atoms with Gasteiger partial charge in [0.25, 0.3) is 5.91 Å². The zero-order valence-electron chi connectivity index (χ0n) is 13.7. The van der Waals surface area contributed by atoms with Crippen molar-refractivity contribution in [3.63, 3.8) is 0 Å². The van der Waals surface area contributed by atoms with E-state index in [4.69, 9.17) is 9.47 Å². The standard InChI is InChI=1S/C16H22N2O5S/c1-13-12-23-10-7-18(13)16(19)14-3-2-4-15(11-14)24(20,21)17-5-8-22-9-6-17/h2-4,11,13H,5-10,12H2,1H3. The first-order valence-corrected chi connectivity index (χ1v) is 9.51. The summed E-state index contributed by atoms with van der Waals surface area (Å²) in [5, 5.41) is 0. The predicted molar refractivity (Wildman–Crippen MR) is 87.3 cm³/mol. The van der Waals surface area contributed by atoms with Gasteiger partial charge >= 0.3 is 0 Å². The van der Waals surface area contributed by atoms with E-state index in [1.807, 2.05) is 6.92 Å². The quantitative estimate of drug-likeness (QED) is 0.793. The molecule has 1 amide bonds. The smallest absolute Gasteiger partial charge is 0.254 e. The Hall–Kier alpha value is -1.48. The molecule has 0 radical (unpaired) electrons. The van der Waals surface area contributed by atoms with E-state index in [2.05, 4.69) is 0 Å². The Morgan fingerprint density at radius 2 is 1.83 bits per heavy atom. The van der Waals surface area contributed by atoms with Crippen LogP contribution in [0.4, 0.5) is 0 Å². The van der Waals surface area contributed by atoms with Gasteiger partial charge in [-0.1, -0.05) is 6.07 Å². The average molecular weight is 354 g/mol. The minimum atomic E-state index is -3.60. The maximum absolute atomic E-state index is 12.7. The van der Waals surface area contributed by atoms with Gasteiger partial charge in [0.05, 0.1) is 37.4 Å². The Bertz CT molecular complexity index is 700. The van der Waals surface area contributed by atoms with Crippen molar-refractivity contribution in [2.45, 2.75) is 17.9 Å². The van der Waals surface area contributed by atoms with Gasteiger partial charge in [0.2, 0.25) is 10.0 Å². The molecular weight excluding hydrogens is 332 g/mol. The number of rotatable bonds is 3. The molecule has 1 aromatic rings.